The van der Waals surface area contributed by atoms with Crippen molar-refractivity contribution in [2.45, 2.75) is 19.6 Å². The van der Waals surface area contributed by atoms with Gasteiger partial charge in [-0.3, -0.25) is 4.79 Å². The molecule has 8 heteroatoms. The number of carbonyl (C=O) groups is 1. The fourth-order valence-corrected chi connectivity index (χ4v) is 3.89. The van der Waals surface area contributed by atoms with Crippen molar-refractivity contribution < 1.29 is 18.0 Å². The third-order valence-electron chi connectivity index (χ3n) is 3.51. The molecule has 0 aliphatic carbocycles. The van der Waals surface area contributed by atoms with E-state index in [9.17, 15) is 18.0 Å². The molecule has 0 bridgehead atoms. The fraction of sp³-hybridized carbons (Fsp3) is 0.176. The molecule has 0 radical (unpaired) electrons. The Hall–Kier alpha value is -2.19. The van der Waals surface area contributed by atoms with E-state index in [1.807, 2.05) is 16.8 Å². The summed E-state index contributed by atoms with van der Waals surface area (Å²) < 4.78 is 37.6. The first-order valence-electron chi connectivity index (χ1n) is 7.29. The fourth-order valence-electron chi connectivity index (χ4n) is 2.19. The number of alkyl halides is 3. The van der Waals surface area contributed by atoms with E-state index in [1.54, 1.807) is 18.3 Å². The van der Waals surface area contributed by atoms with Gasteiger partial charge in [-0.05, 0) is 36.1 Å². The average Bonchev–Trinajstić information content (AvgIpc) is 3.21. The molecule has 3 nitrogen and oxygen atoms in total. The number of thiophene rings is 1. The summed E-state index contributed by atoms with van der Waals surface area (Å²) in [5.74, 6) is -0.281. The summed E-state index contributed by atoms with van der Waals surface area (Å²) >= 11 is 2.86. The van der Waals surface area contributed by atoms with Gasteiger partial charge in [0.05, 0.1) is 11.3 Å². The lowest BCUT2D eigenvalue weighted by Gasteiger charge is -2.08. The molecule has 1 amide bonds. The van der Waals surface area contributed by atoms with Crippen LogP contribution < -0.4 is 5.32 Å². The predicted octanol–water partition coefficient (Wildman–Crippen LogP) is 5.13. The van der Waals surface area contributed by atoms with Gasteiger partial charge in [0.2, 0.25) is 0 Å². The van der Waals surface area contributed by atoms with Gasteiger partial charge >= 0.3 is 6.18 Å². The monoisotopic (exact) mass is 382 g/mol. The number of halogens is 3. The molecular formula is C17H13F3N2OS2. The lowest BCUT2D eigenvalue weighted by atomic mass is 10.1. The molecule has 1 aromatic carbocycles. The largest absolute Gasteiger partial charge is 0.416 e. The van der Waals surface area contributed by atoms with Crippen molar-refractivity contribution in [2.75, 3.05) is 0 Å². The summed E-state index contributed by atoms with van der Waals surface area (Å²) in [5, 5.41) is 7.40. The number of hydrogen-bond donors (Lipinski definition) is 1. The van der Waals surface area contributed by atoms with Gasteiger partial charge in [-0.25, -0.2) is 4.98 Å². The van der Waals surface area contributed by atoms with Crippen LogP contribution in [0.3, 0.4) is 0 Å². The predicted molar refractivity (Wildman–Crippen MR) is 92.8 cm³/mol. The second-order valence-electron chi connectivity index (χ2n) is 5.32. The molecule has 0 spiro atoms. The van der Waals surface area contributed by atoms with Gasteiger partial charge in [-0.2, -0.15) is 24.5 Å². The molecule has 1 N–H and O–H groups in total. The van der Waals surface area contributed by atoms with E-state index in [2.05, 4.69) is 10.3 Å². The highest BCUT2D eigenvalue weighted by molar-refractivity contribution is 7.17. The van der Waals surface area contributed by atoms with E-state index < -0.39 is 11.7 Å². The van der Waals surface area contributed by atoms with Crippen molar-refractivity contribution in [1.82, 2.24) is 10.3 Å². The molecule has 3 aromatic rings. The summed E-state index contributed by atoms with van der Waals surface area (Å²) in [6.45, 7) is 1.92. The summed E-state index contributed by atoms with van der Waals surface area (Å²) in [6.07, 6.45) is -4.36. The summed E-state index contributed by atoms with van der Waals surface area (Å²) in [7, 11) is 0. The first-order chi connectivity index (χ1) is 11.8. The van der Waals surface area contributed by atoms with Crippen LogP contribution in [0.4, 0.5) is 13.2 Å². The van der Waals surface area contributed by atoms with Crippen LogP contribution in [0, 0.1) is 6.92 Å². The van der Waals surface area contributed by atoms with Crippen LogP contribution >= 0.6 is 22.7 Å². The van der Waals surface area contributed by atoms with Gasteiger partial charge in [0, 0.05) is 17.5 Å². The van der Waals surface area contributed by atoms with Crippen LogP contribution in [0.1, 0.15) is 26.5 Å². The quantitative estimate of drug-likeness (QED) is 0.680. The highest BCUT2D eigenvalue weighted by Crippen LogP contribution is 2.30. The smallest absolute Gasteiger partial charge is 0.347 e. The standard InChI is InChI=1S/C17H13F3N2OS2/c1-10-14(25-16(22-10)12-6-7-24-9-12)15(23)21-8-11-2-4-13(5-3-11)17(18,19)20/h2-7,9H,8H2,1H3,(H,21,23). The Balaban J connectivity index is 1.67. The molecule has 0 saturated heterocycles. The number of benzene rings is 1. The normalized spacial score (nSPS) is 11.5. The Morgan fingerprint density at radius 1 is 1.20 bits per heavy atom. The SMILES string of the molecule is Cc1nc(-c2ccsc2)sc1C(=O)NCc1ccc(C(F)(F)F)cc1. The maximum absolute atomic E-state index is 12.5. The van der Waals surface area contributed by atoms with Crippen molar-refractivity contribution in [3.63, 3.8) is 0 Å². The molecular weight excluding hydrogens is 369 g/mol. The lowest BCUT2D eigenvalue weighted by molar-refractivity contribution is -0.137. The number of carbonyl (C=O) groups excluding carboxylic acids is 1. The number of amides is 1. The Bertz CT molecular complexity index is 868. The van der Waals surface area contributed by atoms with Gasteiger partial charge in [0.15, 0.2) is 0 Å². The van der Waals surface area contributed by atoms with Crippen LogP contribution in [-0.2, 0) is 12.7 Å². The van der Waals surface area contributed by atoms with Crippen molar-refractivity contribution in [2.24, 2.45) is 0 Å². The molecule has 0 aliphatic rings. The van der Waals surface area contributed by atoms with E-state index in [1.165, 1.54) is 23.5 Å². The Labute approximate surface area is 150 Å². The highest BCUT2D eigenvalue weighted by Gasteiger charge is 2.29. The third-order valence-corrected chi connectivity index (χ3v) is 5.39. The molecule has 0 saturated carbocycles. The minimum Gasteiger partial charge on any atom is -0.347 e. The van der Waals surface area contributed by atoms with Gasteiger partial charge in [-0.15, -0.1) is 11.3 Å². The Morgan fingerprint density at radius 3 is 2.52 bits per heavy atom. The number of aromatic nitrogens is 1. The molecule has 25 heavy (non-hydrogen) atoms. The van der Waals surface area contributed by atoms with E-state index in [0.717, 1.165) is 22.7 Å². The first kappa shape index (κ1) is 17.6. The number of aryl methyl sites for hydroxylation is 1. The van der Waals surface area contributed by atoms with Crippen molar-refractivity contribution >= 4 is 28.6 Å². The highest BCUT2D eigenvalue weighted by atomic mass is 32.1. The van der Waals surface area contributed by atoms with Crippen LogP contribution in [0.15, 0.2) is 41.1 Å². The van der Waals surface area contributed by atoms with Crippen LogP contribution in [0.5, 0.6) is 0 Å². The van der Waals surface area contributed by atoms with Gasteiger partial charge in [-0.1, -0.05) is 12.1 Å². The Morgan fingerprint density at radius 2 is 1.92 bits per heavy atom. The van der Waals surface area contributed by atoms with Crippen molar-refractivity contribution in [3.05, 3.63) is 62.8 Å². The number of thiazole rings is 1. The second kappa shape index (κ2) is 6.97. The third kappa shape index (κ3) is 4.08. The van der Waals surface area contributed by atoms with Crippen LogP contribution in [0.25, 0.3) is 10.6 Å². The number of nitrogens with one attached hydrogen (secondary N) is 1. The van der Waals surface area contributed by atoms with Crippen molar-refractivity contribution in [1.29, 1.82) is 0 Å². The van der Waals surface area contributed by atoms with E-state index in [0.29, 0.717) is 16.1 Å². The zero-order valence-electron chi connectivity index (χ0n) is 13.1. The molecule has 2 heterocycles. The molecule has 0 aliphatic heterocycles. The van der Waals surface area contributed by atoms with Gasteiger partial charge in [0.1, 0.15) is 9.88 Å². The summed E-state index contributed by atoms with van der Waals surface area (Å²) in [5.41, 5.74) is 1.50. The minimum atomic E-state index is -4.36. The number of nitrogens with zero attached hydrogens (tertiary/aromatic N) is 1. The lowest BCUT2D eigenvalue weighted by Crippen LogP contribution is -2.22. The summed E-state index contributed by atoms with van der Waals surface area (Å²) in [6, 6.07) is 6.67. The van der Waals surface area contributed by atoms with Crippen LogP contribution in [0.2, 0.25) is 0 Å². The van der Waals surface area contributed by atoms with E-state index >= 15 is 0 Å². The maximum Gasteiger partial charge on any atom is 0.416 e. The summed E-state index contributed by atoms with van der Waals surface area (Å²) in [4.78, 5) is 17.2. The van der Waals surface area contributed by atoms with Gasteiger partial charge < -0.3 is 5.32 Å². The average molecular weight is 382 g/mol. The Kier molecular flexibility index (Phi) is 4.91. The zero-order valence-corrected chi connectivity index (χ0v) is 14.7. The first-order valence-corrected chi connectivity index (χ1v) is 9.05. The number of hydrogen-bond acceptors (Lipinski definition) is 4. The molecule has 3 rings (SSSR count). The topological polar surface area (TPSA) is 42.0 Å². The molecule has 0 fully saturated rings. The maximum atomic E-state index is 12.5. The van der Waals surface area contributed by atoms with Crippen LogP contribution in [-0.4, -0.2) is 10.9 Å². The van der Waals surface area contributed by atoms with E-state index in [4.69, 9.17) is 0 Å². The van der Waals surface area contributed by atoms with E-state index in [-0.39, 0.29) is 12.5 Å². The minimum absolute atomic E-state index is 0.155. The zero-order chi connectivity index (χ0) is 18.0. The second-order valence-corrected chi connectivity index (χ2v) is 7.10. The van der Waals surface area contributed by atoms with Crippen molar-refractivity contribution in [3.8, 4) is 10.6 Å². The molecule has 0 unspecified atom stereocenters. The molecule has 2 aromatic heterocycles. The number of rotatable bonds is 4. The van der Waals surface area contributed by atoms with Gasteiger partial charge in [0.25, 0.3) is 5.91 Å². The molecule has 0 atom stereocenters. The molecule has 130 valence electrons.